The lowest BCUT2D eigenvalue weighted by Gasteiger charge is -2.28. The van der Waals surface area contributed by atoms with Crippen molar-refractivity contribution in [2.75, 3.05) is 19.6 Å². The van der Waals surface area contributed by atoms with Crippen LogP contribution >= 0.6 is 0 Å². The van der Waals surface area contributed by atoms with E-state index in [0.717, 1.165) is 5.56 Å². The molecule has 3 aromatic rings. The smallest absolute Gasteiger partial charge is 0.326 e. The number of ether oxygens (including phenoxy) is 12. The van der Waals surface area contributed by atoms with Crippen LogP contribution in [0.1, 0.15) is 99.8 Å². The zero-order chi connectivity index (χ0) is 65.1. The van der Waals surface area contributed by atoms with Gasteiger partial charge in [-0.2, -0.15) is 0 Å². The third-order valence-electron chi connectivity index (χ3n) is 15.8. The lowest BCUT2D eigenvalue weighted by Crippen LogP contribution is -2.57. The van der Waals surface area contributed by atoms with E-state index in [0.29, 0.717) is 11.1 Å². The number of rotatable bonds is 24. The first-order valence-corrected chi connectivity index (χ1v) is 30.2. The first-order chi connectivity index (χ1) is 42.3. The maximum absolute atomic E-state index is 14.9. The molecule has 6 saturated heterocycles. The Morgan fingerprint density at radius 2 is 0.700 bits per heavy atom. The van der Waals surface area contributed by atoms with Gasteiger partial charge in [-0.3, -0.25) is 24.0 Å². The van der Waals surface area contributed by atoms with Crippen LogP contribution in [0.4, 0.5) is 0 Å². The van der Waals surface area contributed by atoms with Crippen molar-refractivity contribution in [3.63, 3.8) is 0 Å². The number of nitrogens with zero attached hydrogens (tertiary/aromatic N) is 3. The minimum Gasteiger partial charge on any atom is -0.480 e. The van der Waals surface area contributed by atoms with E-state index in [-0.39, 0.29) is 38.9 Å². The van der Waals surface area contributed by atoms with Crippen molar-refractivity contribution in [2.24, 2.45) is 5.11 Å². The van der Waals surface area contributed by atoms with Gasteiger partial charge in [0.15, 0.2) is 53.0 Å². The Balaban J connectivity index is 0.893. The Labute approximate surface area is 522 Å². The van der Waals surface area contributed by atoms with Gasteiger partial charge in [0.05, 0.1) is 12.6 Å². The van der Waals surface area contributed by atoms with Gasteiger partial charge in [-0.25, -0.2) is 4.79 Å². The predicted molar refractivity (Wildman–Crippen MR) is 317 cm³/mol. The van der Waals surface area contributed by atoms with E-state index in [1.54, 1.807) is 138 Å². The van der Waals surface area contributed by atoms with Crippen molar-refractivity contribution in [3.05, 3.63) is 118 Å². The van der Waals surface area contributed by atoms with Gasteiger partial charge in [-0.1, -0.05) is 96.1 Å². The molecule has 3 aromatic carbocycles. The zero-order valence-electron chi connectivity index (χ0n) is 52.7. The molecule has 0 radical (unpaired) electrons. The van der Waals surface area contributed by atoms with E-state index in [1.807, 2.05) is 36.4 Å². The SMILES string of the molecule is CC1(C)O[C@H]([C@@H]2OC(C)(C)O[C@H]2C(=O)N[C@H](Cc2ccccc2)C(=O)O)[C@@H](CNC(=O)[C@@H](Cc2ccccc2)NC(=O)[C@@H]2OC(C)(C)O[C@H]2[C@H]2OC(C)(C)O[C@@H]2CNC(=O)[C@@H](Cc2ccccc2)NC(=O)[C@@H]2OC(C)(C)O[C@H]2[C@H]2OC(C)(C)O[C@@H]2CN=[N+]=[N-])O1. The van der Waals surface area contributed by atoms with Crippen molar-refractivity contribution >= 4 is 35.5 Å². The molecule has 9 rings (SSSR count). The maximum atomic E-state index is 14.9. The summed E-state index contributed by atoms with van der Waals surface area (Å²) < 4.78 is 75.5. The van der Waals surface area contributed by atoms with Crippen LogP contribution in [0.25, 0.3) is 10.4 Å². The first-order valence-electron chi connectivity index (χ1n) is 30.2. The summed E-state index contributed by atoms with van der Waals surface area (Å²) in [5.41, 5.74) is 11.2. The van der Waals surface area contributed by atoms with E-state index < -0.39 is 162 Å². The molecule has 0 unspecified atom stereocenters. The second kappa shape index (κ2) is 27.3. The fourth-order valence-electron chi connectivity index (χ4n) is 12.3. The Hall–Kier alpha value is -6.69. The number of nitrogens with one attached hydrogen (secondary N) is 5. The molecule has 90 heavy (non-hydrogen) atoms. The van der Waals surface area contributed by atoms with Crippen LogP contribution in [0.5, 0.6) is 0 Å². The fourth-order valence-corrected chi connectivity index (χ4v) is 12.3. The number of amides is 5. The van der Waals surface area contributed by atoms with Crippen LogP contribution in [-0.4, -0.2) is 186 Å². The van der Waals surface area contributed by atoms with Gasteiger partial charge in [-0.05, 0) is 105 Å². The van der Waals surface area contributed by atoms with Gasteiger partial charge in [-0.15, -0.1) is 0 Å². The second-order valence-corrected chi connectivity index (χ2v) is 26.0. The fraction of sp³-hybridized carbons (Fsp3) is 0.619. The molecule has 6 fully saturated rings. The molecule has 0 aromatic heterocycles. The summed E-state index contributed by atoms with van der Waals surface area (Å²) in [5, 5.41) is 28.1. The average molecular weight is 1260 g/mol. The van der Waals surface area contributed by atoms with E-state index in [4.69, 9.17) is 62.4 Å². The Bertz CT molecular complexity index is 3090. The predicted octanol–water partition coefficient (Wildman–Crippen LogP) is 3.92. The normalized spacial score (nSPS) is 30.9. The summed E-state index contributed by atoms with van der Waals surface area (Å²) in [4.78, 5) is 88.0. The van der Waals surface area contributed by atoms with E-state index in [9.17, 15) is 33.9 Å². The van der Waals surface area contributed by atoms with Crippen molar-refractivity contribution in [1.29, 1.82) is 0 Å². The summed E-state index contributed by atoms with van der Waals surface area (Å²) in [6.07, 6.45) is -13.1. The van der Waals surface area contributed by atoms with Crippen LogP contribution in [-0.2, 0) is 105 Å². The van der Waals surface area contributed by atoms with Crippen molar-refractivity contribution < 1.29 is 90.7 Å². The highest BCUT2D eigenvalue weighted by atomic mass is 16.8. The van der Waals surface area contributed by atoms with Gasteiger partial charge >= 0.3 is 5.97 Å². The largest absolute Gasteiger partial charge is 0.480 e. The van der Waals surface area contributed by atoms with Crippen LogP contribution in [0.15, 0.2) is 96.1 Å². The Morgan fingerprint density at radius 3 is 1.02 bits per heavy atom. The van der Waals surface area contributed by atoms with Gasteiger partial charge in [0, 0.05) is 37.3 Å². The summed E-state index contributed by atoms with van der Waals surface area (Å²) in [5.74, 6) is -12.3. The number of aliphatic carboxylic acids is 1. The number of carbonyl (C=O) groups excluding carboxylic acids is 5. The first kappa shape index (κ1) is 67.7. The van der Waals surface area contributed by atoms with Crippen LogP contribution < -0.4 is 26.6 Å². The molecule has 15 atom stereocenters. The Kier molecular flexibility index (Phi) is 20.5. The summed E-state index contributed by atoms with van der Waals surface area (Å²) in [6.45, 7) is 19.3. The van der Waals surface area contributed by atoms with Crippen molar-refractivity contribution in [3.8, 4) is 0 Å². The third kappa shape index (κ3) is 17.1. The average Bonchev–Trinajstić information content (AvgIpc) is 1.65. The summed E-state index contributed by atoms with van der Waals surface area (Å²) >= 11 is 0. The molecule has 6 heterocycles. The number of carboxylic acid groups (broad SMARTS) is 1. The molecule has 6 aliphatic rings. The minimum atomic E-state index is -1.41. The molecule has 5 amide bonds. The lowest BCUT2D eigenvalue weighted by atomic mass is 9.99. The second-order valence-electron chi connectivity index (χ2n) is 26.0. The molecule has 27 heteroatoms. The van der Waals surface area contributed by atoms with Gasteiger partial charge < -0.3 is 88.5 Å². The Morgan fingerprint density at radius 1 is 0.422 bits per heavy atom. The molecule has 0 bridgehead atoms. The lowest BCUT2D eigenvalue weighted by molar-refractivity contribution is -0.175. The number of carboxylic acids is 1. The van der Waals surface area contributed by atoms with Crippen LogP contribution in [0, 0.1) is 0 Å². The highest BCUT2D eigenvalue weighted by molar-refractivity contribution is 5.91. The highest BCUT2D eigenvalue weighted by Crippen LogP contribution is 2.42. The molecule has 0 spiro atoms. The molecule has 6 N–H and O–H groups in total. The third-order valence-corrected chi connectivity index (χ3v) is 15.8. The number of carbonyl (C=O) groups is 6. The monoisotopic (exact) mass is 1260 g/mol. The summed E-state index contributed by atoms with van der Waals surface area (Å²) in [6, 6.07) is 23.2. The van der Waals surface area contributed by atoms with E-state index in [2.05, 4.69) is 36.6 Å². The number of hydrogen-bond acceptors (Lipinski definition) is 19. The minimum absolute atomic E-state index is 0.00237. The van der Waals surface area contributed by atoms with Gasteiger partial charge in [0.2, 0.25) is 11.8 Å². The standard InChI is InChI=1S/C63H84N8O19/c1-58(2)79-40(31-65-53(73)38(29-35-24-18-14-19-25-35)69-55(75)50-48(87-63(11,12)89-50)45-42(33-67-71-64)81-60(5,6)84-45)43(82-58)46-49(88-61(7,8)85-46)54(74)68-37(28-34-22-16-13-17-23-34)52(72)66-32-41-44(83-59(3,4)80-41)47-51(90-62(9,10)86-47)56(76)70-39(57(77)78)30-36-26-20-15-21-27-36/h13-27,37-51H,28-33H2,1-12H3,(H,65,73)(H,66,72)(H,68,74)(H,69,75)(H,70,76)(H,77,78)/t37-,38-,39-,40-,41-,42-,43+,44+,45+,46+,47+,48+,49-,50-,51-/m1/s1. The van der Waals surface area contributed by atoms with Gasteiger partial charge in [0.1, 0.15) is 67.0 Å². The van der Waals surface area contributed by atoms with E-state index >= 15 is 0 Å². The molecule has 27 nitrogen and oxygen atoms in total. The molecule has 0 saturated carbocycles. The quantitative estimate of drug-likeness (QED) is 0.0420. The molecule has 490 valence electrons. The molecular formula is C63H84N8O19. The molecule has 0 aliphatic carbocycles. The van der Waals surface area contributed by atoms with Crippen LogP contribution in [0.3, 0.4) is 0 Å². The van der Waals surface area contributed by atoms with E-state index in [1.165, 1.54) is 0 Å². The topological polar surface area (TPSA) is 342 Å². The maximum Gasteiger partial charge on any atom is 0.326 e. The summed E-state index contributed by atoms with van der Waals surface area (Å²) in [7, 11) is 0. The van der Waals surface area contributed by atoms with Crippen LogP contribution in [0.2, 0.25) is 0 Å². The highest BCUT2D eigenvalue weighted by Gasteiger charge is 2.60. The number of azide groups is 1. The van der Waals surface area contributed by atoms with Gasteiger partial charge in [0.25, 0.3) is 17.7 Å². The molecule has 6 aliphatic heterocycles. The number of hydrogen-bond donors (Lipinski definition) is 6. The molecular weight excluding hydrogens is 1170 g/mol. The zero-order valence-corrected chi connectivity index (χ0v) is 52.7. The number of benzene rings is 3. The van der Waals surface area contributed by atoms with Crippen molar-refractivity contribution in [1.82, 2.24) is 26.6 Å². The van der Waals surface area contributed by atoms with Crippen molar-refractivity contribution in [2.45, 2.75) is 228 Å².